The van der Waals surface area contributed by atoms with Gasteiger partial charge in [0.15, 0.2) is 0 Å². The Balaban J connectivity index is 1.52. The predicted molar refractivity (Wildman–Crippen MR) is 132 cm³/mol. The highest BCUT2D eigenvalue weighted by atomic mass is 16.5. The molecule has 1 atom stereocenters. The number of hydrogen-bond acceptors (Lipinski definition) is 5. The van der Waals surface area contributed by atoms with Crippen molar-refractivity contribution in [2.24, 2.45) is 0 Å². The maximum atomic E-state index is 12.6. The van der Waals surface area contributed by atoms with Crippen LogP contribution in [0.5, 0.6) is 0 Å². The molecular formula is C26H35N5O2. The van der Waals surface area contributed by atoms with E-state index in [0.29, 0.717) is 13.2 Å². The number of benzene rings is 1. The van der Waals surface area contributed by atoms with Gasteiger partial charge >= 0.3 is 0 Å². The smallest absolute Gasteiger partial charge is 0.261 e. The largest absolute Gasteiger partial charge is 0.383 e. The van der Waals surface area contributed by atoms with Crippen molar-refractivity contribution in [3.8, 4) is 6.07 Å². The van der Waals surface area contributed by atoms with Crippen LogP contribution in [-0.2, 0) is 9.53 Å². The topological polar surface area (TPSA) is 73.5 Å². The first-order valence-corrected chi connectivity index (χ1v) is 11.5. The van der Waals surface area contributed by atoms with Crippen molar-refractivity contribution in [1.82, 2.24) is 14.8 Å². The fraction of sp³-hybridized carbons (Fsp3) is 0.462. The average molecular weight is 450 g/mol. The summed E-state index contributed by atoms with van der Waals surface area (Å²) in [6, 6.07) is 14.7. The van der Waals surface area contributed by atoms with Gasteiger partial charge in [-0.05, 0) is 50.6 Å². The van der Waals surface area contributed by atoms with Crippen molar-refractivity contribution in [1.29, 1.82) is 5.26 Å². The van der Waals surface area contributed by atoms with Crippen LogP contribution in [0.3, 0.4) is 0 Å². The maximum absolute atomic E-state index is 12.6. The first-order valence-electron chi connectivity index (χ1n) is 11.5. The first-order chi connectivity index (χ1) is 15.9. The van der Waals surface area contributed by atoms with Gasteiger partial charge in [0.2, 0.25) is 0 Å². The van der Waals surface area contributed by atoms with Crippen LogP contribution in [0.1, 0.15) is 29.9 Å². The van der Waals surface area contributed by atoms with Crippen LogP contribution in [-0.4, -0.2) is 68.4 Å². The molecule has 0 spiro atoms. The highest BCUT2D eigenvalue weighted by molar-refractivity contribution is 6.01. The van der Waals surface area contributed by atoms with Gasteiger partial charge in [0.05, 0.1) is 12.6 Å². The molecule has 0 radical (unpaired) electrons. The number of nitriles is 1. The summed E-state index contributed by atoms with van der Waals surface area (Å²) in [5.74, 6) is -0.324. The number of rotatable bonds is 9. The van der Waals surface area contributed by atoms with E-state index in [-0.39, 0.29) is 17.5 Å². The molecule has 7 heteroatoms. The fourth-order valence-corrected chi connectivity index (χ4v) is 4.54. The monoisotopic (exact) mass is 449 g/mol. The van der Waals surface area contributed by atoms with Crippen LogP contribution in [0.4, 0.5) is 5.69 Å². The lowest BCUT2D eigenvalue weighted by atomic mass is 10.1. The average Bonchev–Trinajstić information content (AvgIpc) is 3.11. The lowest BCUT2D eigenvalue weighted by Gasteiger charge is -2.36. The Kier molecular flexibility index (Phi) is 8.70. The van der Waals surface area contributed by atoms with Gasteiger partial charge in [-0.25, -0.2) is 0 Å². The molecule has 0 saturated carbocycles. The summed E-state index contributed by atoms with van der Waals surface area (Å²) in [4.78, 5) is 17.4. The molecule has 176 valence electrons. The molecule has 0 bridgehead atoms. The number of hydrogen-bond donors (Lipinski definition) is 1. The van der Waals surface area contributed by atoms with Crippen molar-refractivity contribution in [3.05, 3.63) is 58.9 Å². The summed E-state index contributed by atoms with van der Waals surface area (Å²) in [6.07, 6.45) is 1.69. The summed E-state index contributed by atoms with van der Waals surface area (Å²) in [5, 5.41) is 12.5. The van der Waals surface area contributed by atoms with E-state index < -0.39 is 0 Å². The third-order valence-electron chi connectivity index (χ3n) is 6.24. The minimum atomic E-state index is -0.324. The Morgan fingerprint density at radius 1 is 1.21 bits per heavy atom. The standard InChI is InChI=1S/C26H35N5O2/c1-20-16-23(22(3)31(20)21(2)19-33-4)17-24(18-27)26(32)28-10-11-29-12-14-30(15-13-29)25-8-6-5-7-9-25/h5-9,16-17,21H,10-15,19H2,1-4H3,(H,28,32)/b24-17-. The highest BCUT2D eigenvalue weighted by Crippen LogP contribution is 2.23. The first kappa shape index (κ1) is 24.6. The number of nitrogens with zero attached hydrogens (tertiary/aromatic N) is 4. The molecule has 1 aliphatic rings. The molecule has 2 aromatic rings. The lowest BCUT2D eigenvalue weighted by Crippen LogP contribution is -2.48. The van der Waals surface area contributed by atoms with E-state index >= 15 is 0 Å². The number of aromatic nitrogens is 1. The Morgan fingerprint density at radius 2 is 1.91 bits per heavy atom. The number of aryl methyl sites for hydroxylation is 1. The van der Waals surface area contributed by atoms with E-state index in [0.717, 1.165) is 49.7 Å². The highest BCUT2D eigenvalue weighted by Gasteiger charge is 2.18. The Labute approximate surface area is 197 Å². The molecule has 33 heavy (non-hydrogen) atoms. The Morgan fingerprint density at radius 3 is 2.55 bits per heavy atom. The van der Waals surface area contributed by atoms with Crippen LogP contribution < -0.4 is 10.2 Å². The quantitative estimate of drug-likeness (QED) is 0.470. The lowest BCUT2D eigenvalue weighted by molar-refractivity contribution is -0.117. The van der Waals surface area contributed by atoms with Gasteiger partial charge in [0.1, 0.15) is 11.6 Å². The SMILES string of the molecule is COCC(C)n1c(C)cc(/C=C(/C#N)C(=O)NCCN2CCN(c3ccccc3)CC2)c1C. The predicted octanol–water partition coefficient (Wildman–Crippen LogP) is 3.16. The molecule has 1 aromatic heterocycles. The van der Waals surface area contributed by atoms with E-state index in [1.807, 2.05) is 26.0 Å². The zero-order valence-electron chi connectivity index (χ0n) is 20.2. The van der Waals surface area contributed by atoms with Crippen molar-refractivity contribution in [2.45, 2.75) is 26.8 Å². The second kappa shape index (κ2) is 11.7. The molecular weight excluding hydrogens is 414 g/mol. The van der Waals surface area contributed by atoms with Crippen LogP contribution in [0.15, 0.2) is 42.0 Å². The number of para-hydroxylation sites is 1. The number of anilines is 1. The summed E-state index contributed by atoms with van der Waals surface area (Å²) >= 11 is 0. The number of piperazine rings is 1. The summed E-state index contributed by atoms with van der Waals surface area (Å²) in [6.45, 7) is 11.9. The Bertz CT molecular complexity index is 998. The maximum Gasteiger partial charge on any atom is 0.261 e. The third-order valence-corrected chi connectivity index (χ3v) is 6.24. The molecule has 1 saturated heterocycles. The summed E-state index contributed by atoms with van der Waals surface area (Å²) < 4.78 is 7.46. The van der Waals surface area contributed by atoms with Crippen LogP contribution in [0, 0.1) is 25.2 Å². The molecule has 0 aliphatic carbocycles. The third kappa shape index (κ3) is 6.25. The minimum absolute atomic E-state index is 0.128. The van der Waals surface area contributed by atoms with Crippen LogP contribution in [0.25, 0.3) is 6.08 Å². The van der Waals surface area contributed by atoms with Gasteiger partial charge in [0, 0.05) is 63.5 Å². The molecule has 1 aliphatic heterocycles. The van der Waals surface area contributed by atoms with Gasteiger partial charge < -0.3 is 19.5 Å². The molecule has 1 amide bonds. The van der Waals surface area contributed by atoms with Gasteiger partial charge in [-0.3, -0.25) is 9.69 Å². The van der Waals surface area contributed by atoms with Crippen molar-refractivity contribution < 1.29 is 9.53 Å². The number of amides is 1. The number of carbonyl (C=O) groups excluding carboxylic acids is 1. The van der Waals surface area contributed by atoms with E-state index in [4.69, 9.17) is 4.74 Å². The zero-order chi connectivity index (χ0) is 23.8. The molecule has 3 rings (SSSR count). The number of ether oxygens (including phenoxy) is 1. The van der Waals surface area contributed by atoms with Gasteiger partial charge in [-0.2, -0.15) is 5.26 Å². The Hall–Kier alpha value is -3.08. The molecule has 2 heterocycles. The molecule has 1 aromatic carbocycles. The number of carbonyl (C=O) groups is 1. The van der Waals surface area contributed by atoms with Crippen LogP contribution >= 0.6 is 0 Å². The van der Waals surface area contributed by atoms with Crippen molar-refractivity contribution in [2.75, 3.05) is 57.9 Å². The number of methoxy groups -OCH3 is 1. The zero-order valence-corrected chi connectivity index (χ0v) is 20.2. The van der Waals surface area contributed by atoms with E-state index in [1.54, 1.807) is 13.2 Å². The molecule has 1 fully saturated rings. The summed E-state index contributed by atoms with van der Waals surface area (Å²) in [7, 11) is 1.69. The second-order valence-corrected chi connectivity index (χ2v) is 8.59. The van der Waals surface area contributed by atoms with E-state index in [2.05, 4.69) is 56.9 Å². The van der Waals surface area contributed by atoms with E-state index in [9.17, 15) is 10.1 Å². The summed E-state index contributed by atoms with van der Waals surface area (Å²) in [5.41, 5.74) is 4.37. The van der Waals surface area contributed by atoms with Gasteiger partial charge in [-0.15, -0.1) is 0 Å². The second-order valence-electron chi connectivity index (χ2n) is 8.59. The molecule has 1 unspecified atom stereocenters. The molecule has 1 N–H and O–H groups in total. The molecule has 7 nitrogen and oxygen atoms in total. The van der Waals surface area contributed by atoms with Crippen LogP contribution in [0.2, 0.25) is 0 Å². The number of nitrogens with one attached hydrogen (secondary N) is 1. The fourth-order valence-electron chi connectivity index (χ4n) is 4.54. The van der Waals surface area contributed by atoms with Crippen molar-refractivity contribution in [3.63, 3.8) is 0 Å². The normalized spacial score (nSPS) is 15.8. The van der Waals surface area contributed by atoms with Crippen molar-refractivity contribution >= 4 is 17.7 Å². The minimum Gasteiger partial charge on any atom is -0.383 e. The van der Waals surface area contributed by atoms with Gasteiger partial charge in [0.25, 0.3) is 5.91 Å². The van der Waals surface area contributed by atoms with Gasteiger partial charge in [-0.1, -0.05) is 18.2 Å². The van der Waals surface area contributed by atoms with E-state index in [1.165, 1.54) is 5.69 Å².